The summed E-state index contributed by atoms with van der Waals surface area (Å²) >= 11 is 7.70. The standard InChI is InChI=1S/C12H13ClN2OS/c13-9-1-2-11-10(7-9)14-12(17-11)8-15-3-5-16-6-4-15/h1-2,7H,3-6,8H2. The van der Waals surface area contributed by atoms with Crippen molar-refractivity contribution in [3.8, 4) is 0 Å². The van der Waals surface area contributed by atoms with E-state index in [0.717, 1.165) is 48.4 Å². The van der Waals surface area contributed by atoms with Gasteiger partial charge in [0.05, 0.1) is 30.0 Å². The summed E-state index contributed by atoms with van der Waals surface area (Å²) < 4.78 is 6.54. The van der Waals surface area contributed by atoms with Gasteiger partial charge < -0.3 is 4.74 Å². The SMILES string of the molecule is Clc1ccc2sc(CN3CCOCC3)nc2c1. The van der Waals surface area contributed by atoms with Gasteiger partial charge in [-0.05, 0) is 18.2 Å². The Morgan fingerprint density at radius 2 is 2.18 bits per heavy atom. The number of nitrogens with zero attached hydrogens (tertiary/aromatic N) is 2. The van der Waals surface area contributed by atoms with Crippen LogP contribution in [0.25, 0.3) is 10.2 Å². The number of aromatic nitrogens is 1. The highest BCUT2D eigenvalue weighted by atomic mass is 35.5. The van der Waals surface area contributed by atoms with Crippen LogP contribution in [0.2, 0.25) is 5.02 Å². The lowest BCUT2D eigenvalue weighted by Crippen LogP contribution is -2.35. The maximum atomic E-state index is 5.96. The molecular weight excluding hydrogens is 256 g/mol. The second-order valence-corrected chi connectivity index (χ2v) is 5.66. The highest BCUT2D eigenvalue weighted by Gasteiger charge is 2.13. The van der Waals surface area contributed by atoms with Crippen LogP contribution < -0.4 is 0 Å². The Balaban J connectivity index is 1.80. The molecule has 1 aliphatic heterocycles. The first kappa shape index (κ1) is 11.4. The monoisotopic (exact) mass is 268 g/mol. The van der Waals surface area contributed by atoms with Crippen LogP contribution in [-0.2, 0) is 11.3 Å². The van der Waals surface area contributed by atoms with Crippen molar-refractivity contribution >= 4 is 33.2 Å². The lowest BCUT2D eigenvalue weighted by atomic mass is 10.3. The number of morpholine rings is 1. The molecule has 0 bridgehead atoms. The highest BCUT2D eigenvalue weighted by Crippen LogP contribution is 2.25. The zero-order valence-corrected chi connectivity index (χ0v) is 10.9. The lowest BCUT2D eigenvalue weighted by molar-refractivity contribution is 0.0342. The first-order valence-electron chi connectivity index (χ1n) is 5.66. The van der Waals surface area contributed by atoms with E-state index in [1.165, 1.54) is 4.70 Å². The van der Waals surface area contributed by atoms with Crippen molar-refractivity contribution in [1.29, 1.82) is 0 Å². The molecule has 2 aromatic rings. The molecular formula is C12H13ClN2OS. The fourth-order valence-corrected chi connectivity index (χ4v) is 3.12. The third-order valence-corrected chi connectivity index (χ3v) is 4.11. The average molecular weight is 269 g/mol. The van der Waals surface area contributed by atoms with E-state index < -0.39 is 0 Å². The summed E-state index contributed by atoms with van der Waals surface area (Å²) in [4.78, 5) is 7.00. The minimum atomic E-state index is 0.751. The van der Waals surface area contributed by atoms with Crippen molar-refractivity contribution in [2.24, 2.45) is 0 Å². The number of rotatable bonds is 2. The van der Waals surface area contributed by atoms with Crippen LogP contribution in [0.5, 0.6) is 0 Å². The topological polar surface area (TPSA) is 25.4 Å². The van der Waals surface area contributed by atoms with Crippen molar-refractivity contribution in [3.05, 3.63) is 28.2 Å². The van der Waals surface area contributed by atoms with Gasteiger partial charge >= 0.3 is 0 Å². The molecule has 2 heterocycles. The Labute approximate surface area is 109 Å². The number of ether oxygens (including phenoxy) is 1. The van der Waals surface area contributed by atoms with Crippen molar-refractivity contribution in [2.75, 3.05) is 26.3 Å². The molecule has 1 saturated heterocycles. The first-order valence-corrected chi connectivity index (χ1v) is 6.86. The van der Waals surface area contributed by atoms with Crippen LogP contribution in [0.15, 0.2) is 18.2 Å². The molecule has 0 saturated carbocycles. The predicted molar refractivity (Wildman–Crippen MR) is 70.7 cm³/mol. The molecule has 3 rings (SSSR count). The zero-order chi connectivity index (χ0) is 11.7. The van der Waals surface area contributed by atoms with Gasteiger partial charge in [-0.15, -0.1) is 11.3 Å². The Kier molecular flexibility index (Phi) is 3.29. The maximum absolute atomic E-state index is 5.96. The van der Waals surface area contributed by atoms with E-state index in [1.54, 1.807) is 11.3 Å². The summed E-state index contributed by atoms with van der Waals surface area (Å²) in [5, 5.41) is 1.91. The molecule has 1 aliphatic rings. The second-order valence-electron chi connectivity index (χ2n) is 4.11. The Morgan fingerprint density at radius 3 is 3.00 bits per heavy atom. The van der Waals surface area contributed by atoms with Crippen LogP contribution in [-0.4, -0.2) is 36.2 Å². The second kappa shape index (κ2) is 4.90. The van der Waals surface area contributed by atoms with Gasteiger partial charge in [0.15, 0.2) is 0 Å². The van der Waals surface area contributed by atoms with Gasteiger partial charge in [-0.3, -0.25) is 4.90 Å². The minimum absolute atomic E-state index is 0.751. The largest absolute Gasteiger partial charge is 0.379 e. The summed E-state index contributed by atoms with van der Waals surface area (Å²) in [6.45, 7) is 4.57. The average Bonchev–Trinajstić information content (AvgIpc) is 2.71. The summed E-state index contributed by atoms with van der Waals surface area (Å²) in [7, 11) is 0. The minimum Gasteiger partial charge on any atom is -0.379 e. The zero-order valence-electron chi connectivity index (χ0n) is 9.36. The van der Waals surface area contributed by atoms with Gasteiger partial charge in [-0.1, -0.05) is 11.6 Å². The smallest absolute Gasteiger partial charge is 0.108 e. The maximum Gasteiger partial charge on any atom is 0.108 e. The van der Waals surface area contributed by atoms with Crippen molar-refractivity contribution < 1.29 is 4.74 Å². The van der Waals surface area contributed by atoms with E-state index in [9.17, 15) is 0 Å². The fourth-order valence-electron chi connectivity index (χ4n) is 1.97. The molecule has 0 radical (unpaired) electrons. The van der Waals surface area contributed by atoms with Gasteiger partial charge in [-0.25, -0.2) is 4.98 Å². The van der Waals surface area contributed by atoms with Gasteiger partial charge in [-0.2, -0.15) is 0 Å². The number of halogens is 1. The van der Waals surface area contributed by atoms with Crippen LogP contribution in [0.4, 0.5) is 0 Å². The number of hydrogen-bond acceptors (Lipinski definition) is 4. The highest BCUT2D eigenvalue weighted by molar-refractivity contribution is 7.18. The normalized spacial score (nSPS) is 17.7. The third-order valence-electron chi connectivity index (χ3n) is 2.86. The van der Waals surface area contributed by atoms with Crippen molar-refractivity contribution in [3.63, 3.8) is 0 Å². The van der Waals surface area contributed by atoms with Gasteiger partial charge in [0.1, 0.15) is 5.01 Å². The lowest BCUT2D eigenvalue weighted by Gasteiger charge is -2.25. The molecule has 17 heavy (non-hydrogen) atoms. The molecule has 90 valence electrons. The molecule has 0 atom stereocenters. The summed E-state index contributed by atoms with van der Waals surface area (Å²) in [6.07, 6.45) is 0. The molecule has 0 aliphatic carbocycles. The predicted octanol–water partition coefficient (Wildman–Crippen LogP) is 2.78. The summed E-state index contributed by atoms with van der Waals surface area (Å²) in [5.41, 5.74) is 1.01. The Bertz CT molecular complexity index is 522. The van der Waals surface area contributed by atoms with Crippen LogP contribution in [0.1, 0.15) is 5.01 Å². The number of thiazole rings is 1. The van der Waals surface area contributed by atoms with Gasteiger partial charge in [0.25, 0.3) is 0 Å². The van der Waals surface area contributed by atoms with E-state index >= 15 is 0 Å². The van der Waals surface area contributed by atoms with Crippen LogP contribution >= 0.6 is 22.9 Å². The van der Waals surface area contributed by atoms with Crippen molar-refractivity contribution in [1.82, 2.24) is 9.88 Å². The molecule has 5 heteroatoms. The molecule has 1 fully saturated rings. The van der Waals surface area contributed by atoms with E-state index in [1.807, 2.05) is 18.2 Å². The quantitative estimate of drug-likeness (QED) is 0.838. The Hall–Kier alpha value is -0.680. The van der Waals surface area contributed by atoms with Gasteiger partial charge in [0.2, 0.25) is 0 Å². The molecule has 1 aromatic carbocycles. The molecule has 0 N–H and O–H groups in total. The molecule has 1 aromatic heterocycles. The first-order chi connectivity index (χ1) is 8.31. The third kappa shape index (κ3) is 2.60. The van der Waals surface area contributed by atoms with E-state index in [-0.39, 0.29) is 0 Å². The van der Waals surface area contributed by atoms with E-state index in [2.05, 4.69) is 9.88 Å². The molecule has 0 unspecified atom stereocenters. The van der Waals surface area contributed by atoms with Crippen LogP contribution in [0, 0.1) is 0 Å². The van der Waals surface area contributed by atoms with Gasteiger partial charge in [0, 0.05) is 18.1 Å². The fraction of sp³-hybridized carbons (Fsp3) is 0.417. The van der Waals surface area contributed by atoms with E-state index in [4.69, 9.17) is 16.3 Å². The van der Waals surface area contributed by atoms with E-state index in [0.29, 0.717) is 0 Å². The molecule has 0 spiro atoms. The van der Waals surface area contributed by atoms with Crippen molar-refractivity contribution in [2.45, 2.75) is 6.54 Å². The number of fused-ring (bicyclic) bond motifs is 1. The molecule has 3 nitrogen and oxygen atoms in total. The number of benzene rings is 1. The summed E-state index contributed by atoms with van der Waals surface area (Å²) in [5.74, 6) is 0. The Morgan fingerprint density at radius 1 is 1.35 bits per heavy atom. The summed E-state index contributed by atoms with van der Waals surface area (Å²) in [6, 6.07) is 5.88. The van der Waals surface area contributed by atoms with Crippen LogP contribution in [0.3, 0.4) is 0 Å². The number of hydrogen-bond donors (Lipinski definition) is 0. The molecule has 0 amide bonds.